The van der Waals surface area contributed by atoms with Crippen LogP contribution in [0.15, 0.2) is 51.6 Å². The minimum atomic E-state index is 0.502. The number of furan rings is 1. The molecule has 0 spiro atoms. The molecule has 1 unspecified atom stereocenters. The minimum Gasteiger partial charge on any atom is -0.469 e. The maximum Gasteiger partial charge on any atom is 0.104 e. The van der Waals surface area contributed by atoms with Crippen LogP contribution in [0, 0.1) is 5.92 Å². The Morgan fingerprint density at radius 2 is 2.14 bits per heavy atom. The summed E-state index contributed by atoms with van der Waals surface area (Å²) in [7, 11) is 1.73. The van der Waals surface area contributed by atoms with E-state index in [-0.39, 0.29) is 0 Å². The maximum atomic E-state index is 5.49. The standard InChI is InChI=1S/C17H22BrNO2/c1-20-9-7-19-13-15(12-17-6-3-8-21-17)10-14-4-2-5-16(18)11-14/h2-6,8,11,15,19H,7,9-10,12-13H2,1H3. The summed E-state index contributed by atoms with van der Waals surface area (Å²) < 4.78 is 11.7. The molecule has 0 aliphatic heterocycles. The summed E-state index contributed by atoms with van der Waals surface area (Å²) in [5.74, 6) is 1.55. The summed E-state index contributed by atoms with van der Waals surface area (Å²) in [5.41, 5.74) is 1.34. The van der Waals surface area contributed by atoms with Crippen molar-refractivity contribution in [2.45, 2.75) is 12.8 Å². The maximum absolute atomic E-state index is 5.49. The van der Waals surface area contributed by atoms with Crippen molar-refractivity contribution in [3.05, 3.63) is 58.5 Å². The number of rotatable bonds is 9. The van der Waals surface area contributed by atoms with Crippen molar-refractivity contribution in [3.63, 3.8) is 0 Å². The fourth-order valence-corrected chi connectivity index (χ4v) is 2.85. The van der Waals surface area contributed by atoms with Crippen molar-refractivity contribution in [1.82, 2.24) is 5.32 Å². The Morgan fingerprint density at radius 1 is 1.24 bits per heavy atom. The lowest BCUT2D eigenvalue weighted by Crippen LogP contribution is -2.28. The molecule has 0 fully saturated rings. The molecule has 3 nitrogen and oxygen atoms in total. The normalized spacial score (nSPS) is 12.5. The van der Waals surface area contributed by atoms with Crippen molar-refractivity contribution in [2.75, 3.05) is 26.8 Å². The number of benzene rings is 1. The molecule has 1 N–H and O–H groups in total. The second-order valence-electron chi connectivity index (χ2n) is 5.18. The van der Waals surface area contributed by atoms with Gasteiger partial charge in [0.2, 0.25) is 0 Å². The van der Waals surface area contributed by atoms with E-state index in [4.69, 9.17) is 9.15 Å². The van der Waals surface area contributed by atoms with Crippen molar-refractivity contribution >= 4 is 15.9 Å². The van der Waals surface area contributed by atoms with E-state index >= 15 is 0 Å². The molecule has 1 heterocycles. The van der Waals surface area contributed by atoms with Gasteiger partial charge in [-0.25, -0.2) is 0 Å². The van der Waals surface area contributed by atoms with Crippen molar-refractivity contribution < 1.29 is 9.15 Å². The lowest BCUT2D eigenvalue weighted by Gasteiger charge is -2.17. The molecule has 0 bridgehead atoms. The number of methoxy groups -OCH3 is 1. The molecule has 1 aromatic heterocycles. The van der Waals surface area contributed by atoms with E-state index in [2.05, 4.69) is 45.5 Å². The molecule has 0 amide bonds. The Hall–Kier alpha value is -1.10. The monoisotopic (exact) mass is 351 g/mol. The van der Waals surface area contributed by atoms with E-state index in [1.807, 2.05) is 12.1 Å². The van der Waals surface area contributed by atoms with Gasteiger partial charge in [-0.05, 0) is 48.7 Å². The third-order valence-electron chi connectivity index (χ3n) is 3.40. The van der Waals surface area contributed by atoms with Crippen LogP contribution in [-0.4, -0.2) is 26.8 Å². The van der Waals surface area contributed by atoms with Crippen molar-refractivity contribution in [3.8, 4) is 0 Å². The summed E-state index contributed by atoms with van der Waals surface area (Å²) in [6.07, 6.45) is 3.71. The van der Waals surface area contributed by atoms with Gasteiger partial charge >= 0.3 is 0 Å². The molecular weight excluding hydrogens is 330 g/mol. The van der Waals surface area contributed by atoms with Crippen molar-refractivity contribution in [2.24, 2.45) is 5.92 Å². The van der Waals surface area contributed by atoms with Crippen LogP contribution >= 0.6 is 15.9 Å². The molecule has 21 heavy (non-hydrogen) atoms. The molecule has 1 atom stereocenters. The molecule has 114 valence electrons. The van der Waals surface area contributed by atoms with E-state index in [9.17, 15) is 0 Å². The topological polar surface area (TPSA) is 34.4 Å². The lowest BCUT2D eigenvalue weighted by atomic mass is 9.95. The Balaban J connectivity index is 1.93. The van der Waals surface area contributed by atoms with E-state index in [1.165, 1.54) is 5.56 Å². The molecule has 2 aromatic rings. The average Bonchev–Trinajstić information content (AvgIpc) is 2.96. The minimum absolute atomic E-state index is 0.502. The number of halogens is 1. The highest BCUT2D eigenvalue weighted by Crippen LogP contribution is 2.18. The Bertz CT molecular complexity index is 513. The number of hydrogen-bond acceptors (Lipinski definition) is 3. The fraction of sp³-hybridized carbons (Fsp3) is 0.412. The molecular formula is C17H22BrNO2. The van der Waals surface area contributed by atoms with Gasteiger partial charge in [-0.3, -0.25) is 0 Å². The highest BCUT2D eigenvalue weighted by atomic mass is 79.9. The third-order valence-corrected chi connectivity index (χ3v) is 3.89. The molecule has 0 aliphatic carbocycles. The van der Waals surface area contributed by atoms with E-state index in [0.29, 0.717) is 5.92 Å². The van der Waals surface area contributed by atoms with Crippen LogP contribution in [0.2, 0.25) is 0 Å². The summed E-state index contributed by atoms with van der Waals surface area (Å²) in [5, 5.41) is 3.46. The Labute approximate surface area is 134 Å². The predicted molar refractivity (Wildman–Crippen MR) is 88.5 cm³/mol. The second-order valence-corrected chi connectivity index (χ2v) is 6.10. The summed E-state index contributed by atoms with van der Waals surface area (Å²) >= 11 is 3.54. The number of nitrogens with one attached hydrogen (secondary N) is 1. The first-order valence-electron chi connectivity index (χ1n) is 7.24. The van der Waals surface area contributed by atoms with Crippen LogP contribution < -0.4 is 5.32 Å². The van der Waals surface area contributed by atoms with E-state index < -0.39 is 0 Å². The van der Waals surface area contributed by atoms with Crippen LogP contribution in [0.5, 0.6) is 0 Å². The first-order valence-corrected chi connectivity index (χ1v) is 8.03. The highest BCUT2D eigenvalue weighted by Gasteiger charge is 2.12. The van der Waals surface area contributed by atoms with Crippen LogP contribution in [0.1, 0.15) is 11.3 Å². The van der Waals surface area contributed by atoms with Gasteiger partial charge in [0.25, 0.3) is 0 Å². The molecule has 1 aromatic carbocycles. The van der Waals surface area contributed by atoms with Gasteiger partial charge in [0.15, 0.2) is 0 Å². The fourth-order valence-electron chi connectivity index (χ4n) is 2.41. The average molecular weight is 352 g/mol. The third kappa shape index (κ3) is 6.04. The van der Waals surface area contributed by atoms with Gasteiger partial charge in [0, 0.05) is 24.5 Å². The van der Waals surface area contributed by atoms with Crippen LogP contribution in [0.4, 0.5) is 0 Å². The van der Waals surface area contributed by atoms with Crippen LogP contribution in [0.25, 0.3) is 0 Å². The SMILES string of the molecule is COCCNCC(Cc1cccc(Br)c1)Cc1ccco1. The van der Waals surface area contributed by atoms with Gasteiger partial charge in [0.05, 0.1) is 12.9 Å². The zero-order valence-electron chi connectivity index (χ0n) is 12.3. The quantitative estimate of drug-likeness (QED) is 0.699. The molecule has 0 saturated carbocycles. The van der Waals surface area contributed by atoms with E-state index in [1.54, 1.807) is 13.4 Å². The molecule has 4 heteroatoms. The number of hydrogen-bond donors (Lipinski definition) is 1. The van der Waals surface area contributed by atoms with Crippen LogP contribution in [-0.2, 0) is 17.6 Å². The lowest BCUT2D eigenvalue weighted by molar-refractivity contribution is 0.197. The molecule has 0 aliphatic rings. The smallest absolute Gasteiger partial charge is 0.104 e. The number of ether oxygens (including phenoxy) is 1. The zero-order chi connectivity index (χ0) is 14.9. The largest absolute Gasteiger partial charge is 0.469 e. The summed E-state index contributed by atoms with van der Waals surface area (Å²) in [6, 6.07) is 12.5. The van der Waals surface area contributed by atoms with E-state index in [0.717, 1.165) is 42.8 Å². The summed E-state index contributed by atoms with van der Waals surface area (Å²) in [4.78, 5) is 0. The van der Waals surface area contributed by atoms with Gasteiger partial charge in [-0.2, -0.15) is 0 Å². The van der Waals surface area contributed by atoms with Gasteiger partial charge < -0.3 is 14.5 Å². The predicted octanol–water partition coefficient (Wildman–Crippen LogP) is 3.68. The second kappa shape index (κ2) is 9.03. The first kappa shape index (κ1) is 16.3. The summed E-state index contributed by atoms with van der Waals surface area (Å²) in [6.45, 7) is 2.57. The molecule has 2 rings (SSSR count). The Kier molecular flexibility index (Phi) is 7.00. The first-order chi connectivity index (χ1) is 10.3. The van der Waals surface area contributed by atoms with Crippen molar-refractivity contribution in [1.29, 1.82) is 0 Å². The van der Waals surface area contributed by atoms with Gasteiger partial charge in [0.1, 0.15) is 5.76 Å². The Morgan fingerprint density at radius 3 is 2.86 bits per heavy atom. The highest BCUT2D eigenvalue weighted by molar-refractivity contribution is 9.10. The van der Waals surface area contributed by atoms with Gasteiger partial charge in [-0.1, -0.05) is 28.1 Å². The molecule has 0 saturated heterocycles. The molecule has 0 radical (unpaired) electrons. The van der Waals surface area contributed by atoms with Crippen LogP contribution in [0.3, 0.4) is 0 Å². The van der Waals surface area contributed by atoms with Gasteiger partial charge in [-0.15, -0.1) is 0 Å². The zero-order valence-corrected chi connectivity index (χ0v) is 13.9.